The molecule has 78 valence electrons. The van der Waals surface area contributed by atoms with E-state index in [1.165, 1.54) is 17.8 Å². The summed E-state index contributed by atoms with van der Waals surface area (Å²) in [7, 11) is 0. The van der Waals surface area contributed by atoms with Crippen LogP contribution >= 0.6 is 35.0 Å². The molecule has 4 nitrogen and oxygen atoms in total. The molecule has 15 heavy (non-hydrogen) atoms. The second-order valence-corrected chi connectivity index (χ2v) is 4.10. The lowest BCUT2D eigenvalue weighted by Gasteiger charge is -2.00. The molecule has 0 saturated carbocycles. The fourth-order valence-corrected chi connectivity index (χ4v) is 1.94. The standard InChI is InChI=1S/C8H4Cl2N2O2S/c1-15-8-11-3-2-4(9)14-7(13)5(3)6(10)12-8/h2H,1H3. The molecule has 0 amide bonds. The minimum atomic E-state index is -0.629. The Labute approximate surface area is 98.6 Å². The van der Waals surface area contributed by atoms with Crippen LogP contribution in [0, 0.1) is 0 Å². The van der Waals surface area contributed by atoms with Crippen LogP contribution in [0.3, 0.4) is 0 Å². The van der Waals surface area contributed by atoms with E-state index < -0.39 is 5.63 Å². The van der Waals surface area contributed by atoms with Crippen LogP contribution in [-0.2, 0) is 0 Å². The van der Waals surface area contributed by atoms with Gasteiger partial charge in [-0.1, -0.05) is 23.4 Å². The molecule has 0 aliphatic rings. The Kier molecular flexibility index (Phi) is 2.86. The smallest absolute Gasteiger partial charge is 0.349 e. The van der Waals surface area contributed by atoms with Gasteiger partial charge in [-0.05, 0) is 17.9 Å². The number of hydrogen-bond donors (Lipinski definition) is 0. The van der Waals surface area contributed by atoms with Crippen molar-refractivity contribution in [2.45, 2.75) is 5.16 Å². The van der Waals surface area contributed by atoms with Crippen LogP contribution in [0.15, 0.2) is 20.4 Å². The summed E-state index contributed by atoms with van der Waals surface area (Å²) in [6.45, 7) is 0. The number of hydrogen-bond acceptors (Lipinski definition) is 5. The Morgan fingerprint density at radius 2 is 2.13 bits per heavy atom. The molecule has 0 unspecified atom stereocenters. The lowest BCUT2D eigenvalue weighted by molar-refractivity contribution is 0.520. The van der Waals surface area contributed by atoms with Crippen molar-refractivity contribution in [2.75, 3.05) is 6.26 Å². The molecule has 0 aromatic carbocycles. The van der Waals surface area contributed by atoms with E-state index in [-0.39, 0.29) is 15.8 Å². The van der Waals surface area contributed by atoms with Crippen molar-refractivity contribution < 1.29 is 4.42 Å². The SMILES string of the molecule is CSc1nc(Cl)c2c(=O)oc(Cl)cc2n1. The first kappa shape index (κ1) is 10.7. The summed E-state index contributed by atoms with van der Waals surface area (Å²) in [6.07, 6.45) is 1.81. The highest BCUT2D eigenvalue weighted by molar-refractivity contribution is 7.98. The van der Waals surface area contributed by atoms with E-state index in [1.54, 1.807) is 0 Å². The van der Waals surface area contributed by atoms with Gasteiger partial charge in [-0.3, -0.25) is 0 Å². The third-order valence-electron chi connectivity index (χ3n) is 1.70. The van der Waals surface area contributed by atoms with Crippen molar-refractivity contribution in [1.82, 2.24) is 9.97 Å². The van der Waals surface area contributed by atoms with Crippen molar-refractivity contribution in [1.29, 1.82) is 0 Å². The van der Waals surface area contributed by atoms with E-state index in [1.807, 2.05) is 6.26 Å². The van der Waals surface area contributed by atoms with Gasteiger partial charge >= 0.3 is 5.63 Å². The zero-order valence-corrected chi connectivity index (χ0v) is 9.78. The lowest BCUT2D eigenvalue weighted by Crippen LogP contribution is -2.03. The summed E-state index contributed by atoms with van der Waals surface area (Å²) in [5.41, 5.74) is -0.240. The highest BCUT2D eigenvalue weighted by Crippen LogP contribution is 2.22. The number of thioether (sulfide) groups is 1. The van der Waals surface area contributed by atoms with Crippen molar-refractivity contribution in [3.05, 3.63) is 26.9 Å². The van der Waals surface area contributed by atoms with Crippen LogP contribution in [-0.4, -0.2) is 16.2 Å². The minimum Gasteiger partial charge on any atom is -0.410 e. The monoisotopic (exact) mass is 262 g/mol. The van der Waals surface area contributed by atoms with E-state index in [0.29, 0.717) is 10.7 Å². The van der Waals surface area contributed by atoms with Gasteiger partial charge in [-0.15, -0.1) is 0 Å². The fraction of sp³-hybridized carbons (Fsp3) is 0.125. The summed E-state index contributed by atoms with van der Waals surface area (Å²) >= 11 is 12.8. The molecule has 2 aromatic heterocycles. The number of fused-ring (bicyclic) bond motifs is 1. The normalized spacial score (nSPS) is 10.9. The van der Waals surface area contributed by atoms with Gasteiger partial charge in [0.2, 0.25) is 0 Å². The molecule has 0 bridgehead atoms. The molecule has 2 rings (SSSR count). The molecule has 2 heterocycles. The van der Waals surface area contributed by atoms with E-state index >= 15 is 0 Å². The van der Waals surface area contributed by atoms with Gasteiger partial charge in [-0.25, -0.2) is 14.8 Å². The summed E-state index contributed by atoms with van der Waals surface area (Å²) in [4.78, 5) is 19.4. The van der Waals surface area contributed by atoms with Crippen LogP contribution < -0.4 is 5.63 Å². The topological polar surface area (TPSA) is 56.0 Å². The molecule has 0 radical (unpaired) electrons. The largest absolute Gasteiger partial charge is 0.410 e. The molecule has 0 N–H and O–H groups in total. The number of halogens is 2. The molecular formula is C8H4Cl2N2O2S. The maximum atomic E-state index is 11.4. The molecule has 7 heteroatoms. The molecule has 0 aliphatic carbocycles. The zero-order chi connectivity index (χ0) is 11.0. The predicted molar refractivity (Wildman–Crippen MR) is 59.9 cm³/mol. The highest BCUT2D eigenvalue weighted by Gasteiger charge is 2.11. The Morgan fingerprint density at radius 1 is 1.40 bits per heavy atom. The summed E-state index contributed by atoms with van der Waals surface area (Å²) in [5, 5.41) is 0.692. The van der Waals surface area contributed by atoms with Gasteiger partial charge in [0.1, 0.15) is 10.5 Å². The molecule has 0 saturated heterocycles. The Hall–Kier alpha value is -0.780. The number of rotatable bonds is 1. The molecule has 0 fully saturated rings. The minimum absolute atomic E-state index is 0.0191. The Bertz CT molecular complexity index is 585. The Balaban J connectivity index is 2.91. The van der Waals surface area contributed by atoms with Crippen LogP contribution in [0.1, 0.15) is 0 Å². The van der Waals surface area contributed by atoms with E-state index in [2.05, 4.69) is 14.4 Å². The van der Waals surface area contributed by atoms with E-state index in [9.17, 15) is 4.79 Å². The average molecular weight is 263 g/mol. The molecule has 0 spiro atoms. The van der Waals surface area contributed by atoms with Crippen LogP contribution in [0.5, 0.6) is 0 Å². The van der Waals surface area contributed by atoms with Gasteiger partial charge in [0.05, 0.1) is 5.52 Å². The van der Waals surface area contributed by atoms with Gasteiger partial charge < -0.3 is 4.42 Å². The van der Waals surface area contributed by atoms with Crippen molar-refractivity contribution in [2.24, 2.45) is 0 Å². The molecule has 0 atom stereocenters. The zero-order valence-electron chi connectivity index (χ0n) is 7.45. The fourth-order valence-electron chi connectivity index (χ4n) is 1.09. The molecular weight excluding hydrogens is 259 g/mol. The third kappa shape index (κ3) is 1.95. The van der Waals surface area contributed by atoms with Crippen LogP contribution in [0.25, 0.3) is 10.9 Å². The summed E-state index contributed by atoms with van der Waals surface area (Å²) < 4.78 is 4.68. The molecule has 2 aromatic rings. The van der Waals surface area contributed by atoms with Crippen molar-refractivity contribution in [3.63, 3.8) is 0 Å². The summed E-state index contributed by atoms with van der Waals surface area (Å²) in [6, 6.07) is 1.44. The maximum absolute atomic E-state index is 11.4. The lowest BCUT2D eigenvalue weighted by atomic mass is 10.3. The second-order valence-electron chi connectivity index (χ2n) is 2.60. The highest BCUT2D eigenvalue weighted by atomic mass is 35.5. The van der Waals surface area contributed by atoms with E-state index in [0.717, 1.165) is 0 Å². The first-order valence-electron chi connectivity index (χ1n) is 3.82. The number of nitrogens with zero attached hydrogens (tertiary/aromatic N) is 2. The van der Waals surface area contributed by atoms with Gasteiger partial charge in [0, 0.05) is 6.07 Å². The second kappa shape index (κ2) is 4.00. The van der Waals surface area contributed by atoms with Crippen molar-refractivity contribution >= 4 is 45.9 Å². The third-order valence-corrected chi connectivity index (χ3v) is 2.71. The number of aromatic nitrogens is 2. The predicted octanol–water partition coefficient (Wildman–Crippen LogP) is 2.61. The maximum Gasteiger partial charge on any atom is 0.349 e. The van der Waals surface area contributed by atoms with Crippen LogP contribution in [0.4, 0.5) is 0 Å². The first-order chi connectivity index (χ1) is 7.11. The van der Waals surface area contributed by atoms with Gasteiger partial charge in [-0.2, -0.15) is 0 Å². The van der Waals surface area contributed by atoms with Gasteiger partial charge in [0.15, 0.2) is 10.4 Å². The molecule has 0 aliphatic heterocycles. The van der Waals surface area contributed by atoms with Gasteiger partial charge in [0.25, 0.3) is 0 Å². The Morgan fingerprint density at radius 3 is 2.80 bits per heavy atom. The average Bonchev–Trinajstić information content (AvgIpc) is 2.15. The first-order valence-corrected chi connectivity index (χ1v) is 5.81. The summed E-state index contributed by atoms with van der Waals surface area (Å²) in [5.74, 6) is 0. The van der Waals surface area contributed by atoms with Crippen LogP contribution in [0.2, 0.25) is 10.4 Å². The van der Waals surface area contributed by atoms with Crippen molar-refractivity contribution in [3.8, 4) is 0 Å². The quantitative estimate of drug-likeness (QED) is 0.449. The van der Waals surface area contributed by atoms with E-state index in [4.69, 9.17) is 23.2 Å².